The van der Waals surface area contributed by atoms with Crippen molar-refractivity contribution in [3.8, 4) is 0 Å². The predicted octanol–water partition coefficient (Wildman–Crippen LogP) is 3.52. The first kappa shape index (κ1) is 45.7. The highest BCUT2D eigenvalue weighted by molar-refractivity contribution is 7.86. The minimum atomic E-state index is -3.63. The van der Waals surface area contributed by atoms with Gasteiger partial charge in [0.15, 0.2) is 6.10 Å². The second-order valence-corrected chi connectivity index (χ2v) is 14.6. The lowest BCUT2D eigenvalue weighted by molar-refractivity contribution is -0.152. The van der Waals surface area contributed by atoms with E-state index in [1.165, 1.54) is 16.2 Å². The summed E-state index contributed by atoms with van der Waals surface area (Å²) in [5.74, 6) is -0.507. The molecule has 0 fully saturated rings. The van der Waals surface area contributed by atoms with E-state index in [9.17, 15) is 27.6 Å². The minimum absolute atomic E-state index is 0.0383. The van der Waals surface area contributed by atoms with E-state index in [0.717, 1.165) is 37.8 Å². The number of carbonyl (C=O) groups is 2. The number of aromatic amines is 1. The monoisotopic (exact) mass is 712 g/mol. The molecule has 0 amide bonds. The number of pyridine rings is 2. The summed E-state index contributed by atoms with van der Waals surface area (Å²) < 4.78 is 37.9. The van der Waals surface area contributed by atoms with Crippen molar-refractivity contribution >= 4 is 22.1 Å². The molecule has 2 aromatic heterocycles. The molecule has 0 bridgehead atoms. The summed E-state index contributed by atoms with van der Waals surface area (Å²) in [5, 5.41) is 0. The number of nitrogens with one attached hydrogen (secondary N) is 1. The Morgan fingerprint density at radius 1 is 0.796 bits per heavy atom. The Bertz CT molecular complexity index is 1450. The number of ether oxygens (including phenoxy) is 2. The van der Waals surface area contributed by atoms with Gasteiger partial charge in [0.1, 0.15) is 6.04 Å². The Hall–Kier alpha value is -3.33. The summed E-state index contributed by atoms with van der Waals surface area (Å²) in [6.07, 6.45) is 6.19. The molecule has 280 valence electrons. The lowest BCUT2D eigenvalue weighted by Gasteiger charge is -2.21. The van der Waals surface area contributed by atoms with E-state index in [2.05, 4.69) is 19.0 Å². The molecule has 14 heteroatoms. The third-order valence-electron chi connectivity index (χ3n) is 6.66. The Morgan fingerprint density at radius 2 is 1.31 bits per heavy atom. The first-order valence-corrected chi connectivity index (χ1v) is 18.5. The highest BCUT2D eigenvalue weighted by atomic mass is 32.2. The summed E-state index contributed by atoms with van der Waals surface area (Å²) >= 11 is 0. The number of aromatic nitrogens is 2. The van der Waals surface area contributed by atoms with Gasteiger partial charge in [-0.2, -0.15) is 8.42 Å². The van der Waals surface area contributed by atoms with E-state index in [-0.39, 0.29) is 29.6 Å². The van der Waals surface area contributed by atoms with Gasteiger partial charge in [0.05, 0.1) is 19.5 Å². The number of likely N-dealkylation sites (N-methyl/N-ethyl adjacent to an activating group) is 2. The molecule has 0 aliphatic carbocycles. The number of carbonyl (C=O) groups excluding carboxylic acids is 2. The maximum absolute atomic E-state index is 12.2. The van der Waals surface area contributed by atoms with E-state index < -0.39 is 28.2 Å². The molecule has 0 spiro atoms. The molecule has 2 heterocycles. The highest BCUT2D eigenvalue weighted by Gasteiger charge is 2.26. The topological polar surface area (TPSA) is 157 Å². The summed E-state index contributed by atoms with van der Waals surface area (Å²) in [4.78, 5) is 53.3. The van der Waals surface area contributed by atoms with Gasteiger partial charge in [0.25, 0.3) is 15.7 Å². The van der Waals surface area contributed by atoms with Gasteiger partial charge < -0.3 is 28.8 Å². The maximum atomic E-state index is 12.2. The number of esters is 2. The fourth-order valence-corrected chi connectivity index (χ4v) is 4.88. The minimum Gasteiger partial charge on any atom is -0.464 e. The van der Waals surface area contributed by atoms with Gasteiger partial charge in [-0.25, -0.2) is 9.59 Å². The molecule has 49 heavy (non-hydrogen) atoms. The van der Waals surface area contributed by atoms with Gasteiger partial charge in [-0.05, 0) is 90.7 Å². The molecule has 1 N–H and O–H groups in total. The van der Waals surface area contributed by atoms with E-state index >= 15 is 0 Å². The van der Waals surface area contributed by atoms with Crippen LogP contribution >= 0.6 is 0 Å². The number of hydrogen-bond donors (Lipinski definition) is 1. The predicted molar refractivity (Wildman–Crippen MR) is 193 cm³/mol. The largest absolute Gasteiger partial charge is 0.464 e. The SMILES string of the molecule is CCOC(=O)C(CC(C)C)OS(C)(=O)=O.CCOC(=O)C(CC(C)C)n1cc(CCN(C)C)ccc1=O.CN(C)CCc1ccc(=O)[nH]c1. The molecule has 2 atom stereocenters. The Labute approximate surface area is 293 Å². The van der Waals surface area contributed by atoms with Crippen molar-refractivity contribution in [3.05, 3.63) is 68.5 Å². The van der Waals surface area contributed by atoms with Crippen molar-refractivity contribution in [2.24, 2.45) is 11.8 Å². The molecule has 2 aromatic rings. The van der Waals surface area contributed by atoms with Crippen LogP contribution in [0.15, 0.2) is 46.2 Å². The number of rotatable bonds is 17. The zero-order valence-corrected chi connectivity index (χ0v) is 32.2. The second-order valence-electron chi connectivity index (χ2n) is 13.0. The van der Waals surface area contributed by atoms with Crippen molar-refractivity contribution in [2.45, 2.75) is 79.4 Å². The molecule has 0 radical (unpaired) electrons. The van der Waals surface area contributed by atoms with Crippen LogP contribution in [0, 0.1) is 11.8 Å². The highest BCUT2D eigenvalue weighted by Crippen LogP contribution is 2.18. The van der Waals surface area contributed by atoms with Gasteiger partial charge in [-0.15, -0.1) is 0 Å². The number of hydrogen-bond acceptors (Lipinski definition) is 11. The summed E-state index contributed by atoms with van der Waals surface area (Å²) in [5.41, 5.74) is 2.02. The first-order chi connectivity index (χ1) is 22.8. The van der Waals surface area contributed by atoms with E-state index in [1.54, 1.807) is 32.3 Å². The summed E-state index contributed by atoms with van der Waals surface area (Å²) in [7, 11) is 4.45. The van der Waals surface area contributed by atoms with Gasteiger partial charge in [-0.1, -0.05) is 39.8 Å². The lowest BCUT2D eigenvalue weighted by atomic mass is 10.0. The van der Waals surface area contributed by atoms with Crippen LogP contribution in [-0.4, -0.2) is 107 Å². The average molecular weight is 713 g/mol. The number of H-pyrrole nitrogens is 1. The van der Waals surface area contributed by atoms with Crippen LogP contribution in [0.3, 0.4) is 0 Å². The molecule has 13 nitrogen and oxygen atoms in total. The Morgan fingerprint density at radius 3 is 1.76 bits per heavy atom. The lowest BCUT2D eigenvalue weighted by Crippen LogP contribution is -2.32. The summed E-state index contributed by atoms with van der Waals surface area (Å²) in [6, 6.07) is 6.25. The van der Waals surface area contributed by atoms with E-state index in [4.69, 9.17) is 9.47 Å². The van der Waals surface area contributed by atoms with Crippen LogP contribution in [0.1, 0.15) is 71.6 Å². The van der Waals surface area contributed by atoms with Gasteiger partial charge in [-0.3, -0.25) is 13.8 Å². The van der Waals surface area contributed by atoms with E-state index in [0.29, 0.717) is 25.4 Å². The normalized spacial score (nSPS) is 12.6. The molecule has 0 aromatic carbocycles. The van der Waals surface area contributed by atoms with Crippen molar-refractivity contribution in [1.29, 1.82) is 0 Å². The van der Waals surface area contributed by atoms with Crippen LogP contribution in [0.5, 0.6) is 0 Å². The molecule has 2 unspecified atom stereocenters. The first-order valence-electron chi connectivity index (χ1n) is 16.7. The number of nitrogens with zero attached hydrogens (tertiary/aromatic N) is 3. The third kappa shape index (κ3) is 22.1. The zero-order valence-electron chi connectivity index (χ0n) is 31.4. The van der Waals surface area contributed by atoms with Gasteiger partial charge in [0.2, 0.25) is 5.56 Å². The molecular weight excluding hydrogens is 652 g/mol. The van der Waals surface area contributed by atoms with Crippen LogP contribution < -0.4 is 11.1 Å². The van der Waals surface area contributed by atoms with Crippen LogP contribution in [-0.2, 0) is 46.2 Å². The molecular formula is C35H60N4O9S. The van der Waals surface area contributed by atoms with Gasteiger partial charge >= 0.3 is 11.9 Å². The van der Waals surface area contributed by atoms with Crippen molar-refractivity contribution < 1.29 is 31.7 Å². The van der Waals surface area contributed by atoms with Crippen LogP contribution in [0.25, 0.3) is 0 Å². The Balaban J connectivity index is 0.000000744. The van der Waals surface area contributed by atoms with E-state index in [1.807, 2.05) is 68.0 Å². The van der Waals surface area contributed by atoms with Gasteiger partial charge in [0, 0.05) is 37.6 Å². The standard InChI is InChI=1S/C17H28N2O3.C9H14N2O.C9H18O5S/c1-6-22-17(21)15(11-13(2)3)19-12-14(7-8-16(19)20)9-10-18(4)5;1-11(2)6-5-8-3-4-9(12)10-7-8;1-5-13-9(10)8(6-7(2)3)14-15(4,11)12/h7-8,12-13,15H,6,9-11H2,1-5H3;3-4,7H,5-6H2,1-2H3,(H,10,12);7-8H,5-6H2,1-4H3. The molecule has 0 aliphatic rings. The quantitative estimate of drug-likeness (QED) is 0.189. The van der Waals surface area contributed by atoms with Crippen molar-refractivity contribution in [2.75, 3.05) is 60.7 Å². The van der Waals surface area contributed by atoms with Crippen LogP contribution in [0.4, 0.5) is 0 Å². The molecule has 0 aliphatic heterocycles. The fourth-order valence-electron chi connectivity index (χ4n) is 4.30. The van der Waals surface area contributed by atoms with Crippen LogP contribution in [0.2, 0.25) is 0 Å². The second kappa shape index (κ2) is 23.9. The molecule has 2 rings (SSSR count). The molecule has 0 saturated carbocycles. The summed E-state index contributed by atoms with van der Waals surface area (Å²) in [6.45, 7) is 13.7. The average Bonchev–Trinajstić information content (AvgIpc) is 2.99. The Kier molecular flexibility index (Phi) is 22.3. The maximum Gasteiger partial charge on any atom is 0.336 e. The molecule has 0 saturated heterocycles. The van der Waals surface area contributed by atoms with Crippen molar-refractivity contribution in [3.63, 3.8) is 0 Å². The zero-order chi connectivity index (χ0) is 37.7. The van der Waals surface area contributed by atoms with Crippen molar-refractivity contribution in [1.82, 2.24) is 19.4 Å². The smallest absolute Gasteiger partial charge is 0.336 e. The fraction of sp³-hybridized carbons (Fsp3) is 0.657. The third-order valence-corrected chi connectivity index (χ3v) is 7.24.